The molecule has 25 heavy (non-hydrogen) atoms. The van der Waals surface area contributed by atoms with Gasteiger partial charge in [0.25, 0.3) is 15.9 Å². The van der Waals surface area contributed by atoms with Gasteiger partial charge in [-0.25, -0.2) is 13.1 Å². The Morgan fingerprint density at radius 2 is 1.88 bits per heavy atom. The van der Waals surface area contributed by atoms with Gasteiger partial charge in [-0.2, -0.15) is 0 Å². The summed E-state index contributed by atoms with van der Waals surface area (Å²) in [6.07, 6.45) is 1.36. The Labute approximate surface area is 151 Å². The van der Waals surface area contributed by atoms with Crippen LogP contribution in [0.5, 0.6) is 11.5 Å². The van der Waals surface area contributed by atoms with Crippen LogP contribution in [0.4, 0.5) is 0 Å². The topological polar surface area (TPSA) is 81.7 Å². The lowest BCUT2D eigenvalue weighted by atomic mass is 10.2. The third kappa shape index (κ3) is 5.23. The fraction of sp³-hybridized carbons (Fsp3) is 0.118. The van der Waals surface area contributed by atoms with Crippen LogP contribution in [0.15, 0.2) is 47.9 Å². The summed E-state index contributed by atoms with van der Waals surface area (Å²) in [5.74, 6) is -0.0460. The molecule has 0 unspecified atom stereocenters. The van der Waals surface area contributed by atoms with Crippen LogP contribution in [0.2, 0.25) is 5.02 Å². The summed E-state index contributed by atoms with van der Waals surface area (Å²) in [6, 6.07) is 11.1. The van der Waals surface area contributed by atoms with Crippen LogP contribution in [0, 0.1) is 0 Å². The molecule has 1 N–H and O–H groups in total. The van der Waals surface area contributed by atoms with E-state index in [0.29, 0.717) is 16.3 Å². The van der Waals surface area contributed by atoms with Crippen LogP contribution < -0.4 is 14.2 Å². The van der Waals surface area contributed by atoms with Gasteiger partial charge in [0.15, 0.2) is 0 Å². The lowest BCUT2D eigenvalue weighted by molar-refractivity contribution is 0.0979. The number of carbonyl (C=O) groups is 1. The van der Waals surface area contributed by atoms with Crippen LogP contribution in [-0.4, -0.2) is 28.5 Å². The van der Waals surface area contributed by atoms with E-state index >= 15 is 0 Å². The number of benzene rings is 2. The summed E-state index contributed by atoms with van der Waals surface area (Å²) in [5.41, 5.74) is 0.673. The van der Waals surface area contributed by atoms with E-state index < -0.39 is 15.9 Å². The number of sulfonamides is 1. The fourth-order valence-electron chi connectivity index (χ4n) is 1.98. The molecule has 0 aliphatic carbocycles. The number of carbonyl (C=O) groups excluding carboxylic acids is 1. The van der Waals surface area contributed by atoms with E-state index in [9.17, 15) is 13.2 Å². The Kier molecular flexibility index (Phi) is 6.06. The van der Waals surface area contributed by atoms with Gasteiger partial charge >= 0.3 is 0 Å². The van der Waals surface area contributed by atoms with Gasteiger partial charge in [0.05, 0.1) is 25.2 Å². The number of methoxy groups -OCH3 is 2. The monoisotopic (exact) mass is 381 g/mol. The average Bonchev–Trinajstić information content (AvgIpc) is 2.59. The molecule has 132 valence electrons. The molecule has 2 rings (SSSR count). The largest absolute Gasteiger partial charge is 0.497 e. The fourth-order valence-corrected chi connectivity index (χ4v) is 2.92. The lowest BCUT2D eigenvalue weighted by Gasteiger charge is -2.08. The minimum Gasteiger partial charge on any atom is -0.497 e. The van der Waals surface area contributed by atoms with Gasteiger partial charge in [-0.15, -0.1) is 0 Å². The molecule has 8 heteroatoms. The highest BCUT2D eigenvalue weighted by molar-refractivity contribution is 7.93. The van der Waals surface area contributed by atoms with Crippen molar-refractivity contribution < 1.29 is 22.7 Å². The maximum atomic E-state index is 12.2. The van der Waals surface area contributed by atoms with Crippen molar-refractivity contribution in [2.45, 2.75) is 0 Å². The Morgan fingerprint density at radius 1 is 1.12 bits per heavy atom. The van der Waals surface area contributed by atoms with Crippen LogP contribution in [0.1, 0.15) is 15.9 Å². The molecule has 0 aromatic heterocycles. The Balaban J connectivity index is 2.17. The second-order valence-corrected chi connectivity index (χ2v) is 6.90. The third-order valence-electron chi connectivity index (χ3n) is 3.18. The minimum atomic E-state index is -3.99. The van der Waals surface area contributed by atoms with Crippen molar-refractivity contribution in [1.82, 2.24) is 4.72 Å². The van der Waals surface area contributed by atoms with Crippen LogP contribution in [0.3, 0.4) is 0 Å². The maximum Gasteiger partial charge on any atom is 0.268 e. The van der Waals surface area contributed by atoms with Crippen molar-refractivity contribution in [1.29, 1.82) is 0 Å². The summed E-state index contributed by atoms with van der Waals surface area (Å²) in [5, 5.41) is 1.27. The Hall–Kier alpha value is -2.51. The van der Waals surface area contributed by atoms with Gasteiger partial charge in [-0.3, -0.25) is 4.79 Å². The first-order chi connectivity index (χ1) is 11.8. The molecule has 0 aliphatic rings. The minimum absolute atomic E-state index is 0.0604. The second-order valence-electron chi connectivity index (χ2n) is 4.90. The smallest absolute Gasteiger partial charge is 0.268 e. The zero-order valence-electron chi connectivity index (χ0n) is 13.5. The molecule has 0 saturated heterocycles. The molecule has 0 aliphatic heterocycles. The molecular weight excluding hydrogens is 366 g/mol. The number of rotatable bonds is 6. The molecule has 0 bridgehead atoms. The number of halogens is 1. The van der Waals surface area contributed by atoms with Crippen LogP contribution in [0.25, 0.3) is 6.08 Å². The number of hydrogen-bond acceptors (Lipinski definition) is 5. The second kappa shape index (κ2) is 8.04. The van der Waals surface area contributed by atoms with Crippen LogP contribution in [-0.2, 0) is 10.0 Å². The van der Waals surface area contributed by atoms with Gasteiger partial charge in [-0.1, -0.05) is 23.7 Å². The average molecular weight is 382 g/mol. The molecule has 6 nitrogen and oxygen atoms in total. The van der Waals surface area contributed by atoms with Crippen molar-refractivity contribution in [3.63, 3.8) is 0 Å². The zero-order chi connectivity index (χ0) is 18.4. The van der Waals surface area contributed by atoms with Crippen molar-refractivity contribution in [2.75, 3.05) is 14.2 Å². The molecule has 2 aromatic rings. The molecule has 0 saturated carbocycles. The highest BCUT2D eigenvalue weighted by Gasteiger charge is 2.17. The first-order valence-electron chi connectivity index (χ1n) is 7.07. The Morgan fingerprint density at radius 3 is 2.56 bits per heavy atom. The summed E-state index contributed by atoms with van der Waals surface area (Å²) in [6.45, 7) is 0. The predicted molar refractivity (Wildman–Crippen MR) is 96.4 cm³/mol. The van der Waals surface area contributed by atoms with E-state index in [1.54, 1.807) is 24.3 Å². The highest BCUT2D eigenvalue weighted by atomic mass is 35.5. The first-order valence-corrected chi connectivity index (χ1v) is 9.00. The summed E-state index contributed by atoms with van der Waals surface area (Å²) < 4.78 is 36.3. The third-order valence-corrected chi connectivity index (χ3v) is 4.38. The quantitative estimate of drug-likeness (QED) is 0.831. The zero-order valence-corrected chi connectivity index (χ0v) is 15.1. The molecule has 0 fully saturated rings. The number of hydrogen-bond donors (Lipinski definition) is 1. The lowest BCUT2D eigenvalue weighted by Crippen LogP contribution is -2.29. The van der Waals surface area contributed by atoms with Crippen molar-refractivity contribution >= 4 is 33.6 Å². The molecule has 0 heterocycles. The van der Waals surface area contributed by atoms with Crippen LogP contribution >= 0.6 is 11.6 Å². The molecule has 0 atom stereocenters. The van der Waals surface area contributed by atoms with E-state index in [-0.39, 0.29) is 11.3 Å². The normalized spacial score (nSPS) is 11.3. The van der Waals surface area contributed by atoms with Gasteiger partial charge in [0.1, 0.15) is 11.5 Å². The van der Waals surface area contributed by atoms with Crippen molar-refractivity contribution in [3.8, 4) is 11.5 Å². The molecule has 0 radical (unpaired) electrons. The maximum absolute atomic E-state index is 12.2. The predicted octanol–water partition coefficient (Wildman–Crippen LogP) is 3.09. The van der Waals surface area contributed by atoms with Gasteiger partial charge < -0.3 is 9.47 Å². The first kappa shape index (κ1) is 18.8. The van der Waals surface area contributed by atoms with E-state index in [1.165, 1.54) is 38.5 Å². The van der Waals surface area contributed by atoms with E-state index in [2.05, 4.69) is 0 Å². The number of amides is 1. The molecule has 1 amide bonds. The summed E-state index contributed by atoms with van der Waals surface area (Å²) >= 11 is 5.82. The van der Waals surface area contributed by atoms with E-state index in [0.717, 1.165) is 5.41 Å². The van der Waals surface area contributed by atoms with Gasteiger partial charge in [-0.05, 0) is 42.0 Å². The standard InChI is InChI=1S/C17H16ClNO5S/c1-23-14-5-3-4-12(10-14)8-9-25(21,22)19-17(20)15-7-6-13(18)11-16(15)24-2/h3-11H,1-2H3,(H,19,20)/b9-8+. The SMILES string of the molecule is COc1cccc(/C=C/S(=O)(=O)NC(=O)c2ccc(Cl)cc2OC)c1. The van der Waals surface area contributed by atoms with Crippen molar-refractivity contribution in [2.24, 2.45) is 0 Å². The summed E-state index contributed by atoms with van der Waals surface area (Å²) in [4.78, 5) is 12.2. The van der Waals surface area contributed by atoms with E-state index in [4.69, 9.17) is 21.1 Å². The van der Waals surface area contributed by atoms with E-state index in [1.807, 2.05) is 4.72 Å². The summed E-state index contributed by atoms with van der Waals surface area (Å²) in [7, 11) is -1.12. The van der Waals surface area contributed by atoms with Gasteiger partial charge in [0.2, 0.25) is 0 Å². The molecular formula is C17H16ClNO5S. The van der Waals surface area contributed by atoms with Gasteiger partial charge in [0, 0.05) is 5.02 Å². The number of ether oxygens (including phenoxy) is 2. The molecule has 2 aromatic carbocycles. The Bertz CT molecular complexity index is 909. The molecule has 0 spiro atoms. The number of nitrogens with one attached hydrogen (secondary N) is 1. The highest BCUT2D eigenvalue weighted by Crippen LogP contribution is 2.23. The van der Waals surface area contributed by atoms with Crippen molar-refractivity contribution in [3.05, 3.63) is 64.0 Å².